The normalized spacial score (nSPS) is 10.7. The number of rotatable bonds is 3. The molecule has 0 spiro atoms. The average molecular weight is 241 g/mol. The Hall–Kier alpha value is -2.63. The Bertz CT molecular complexity index is 665. The van der Waals surface area contributed by atoms with Crippen molar-refractivity contribution in [2.24, 2.45) is 0 Å². The Morgan fingerprint density at radius 2 is 1.89 bits per heavy atom. The van der Waals surface area contributed by atoms with Gasteiger partial charge in [-0.25, -0.2) is 0 Å². The molecule has 2 heterocycles. The molecular formula is C12H11N5O. The molecule has 0 bridgehead atoms. The molecule has 0 saturated carbocycles. The van der Waals surface area contributed by atoms with Crippen molar-refractivity contribution < 1.29 is 4.74 Å². The van der Waals surface area contributed by atoms with Crippen LogP contribution in [0.1, 0.15) is 5.56 Å². The number of benzene rings is 1. The summed E-state index contributed by atoms with van der Waals surface area (Å²) in [5, 5.41) is 11.8. The van der Waals surface area contributed by atoms with Crippen molar-refractivity contribution in [1.29, 1.82) is 0 Å². The van der Waals surface area contributed by atoms with E-state index in [-0.39, 0.29) is 5.95 Å². The molecule has 18 heavy (non-hydrogen) atoms. The summed E-state index contributed by atoms with van der Waals surface area (Å²) in [7, 11) is 0. The highest BCUT2D eigenvalue weighted by molar-refractivity contribution is 5.42. The maximum Gasteiger partial charge on any atom is 0.243 e. The van der Waals surface area contributed by atoms with Gasteiger partial charge in [-0.15, -0.1) is 15.3 Å². The Morgan fingerprint density at radius 3 is 2.72 bits per heavy atom. The van der Waals surface area contributed by atoms with Crippen molar-refractivity contribution in [1.82, 2.24) is 19.8 Å². The van der Waals surface area contributed by atoms with Crippen LogP contribution in [0.2, 0.25) is 0 Å². The number of nitrogens with zero attached hydrogens (tertiary/aromatic N) is 4. The largest absolute Gasteiger partial charge is 0.472 e. The molecule has 90 valence electrons. The van der Waals surface area contributed by atoms with Gasteiger partial charge in [0.25, 0.3) is 0 Å². The molecule has 0 aliphatic carbocycles. The van der Waals surface area contributed by atoms with Crippen LogP contribution in [-0.2, 0) is 6.61 Å². The molecule has 0 aliphatic rings. The van der Waals surface area contributed by atoms with Crippen molar-refractivity contribution in [3.8, 4) is 5.88 Å². The van der Waals surface area contributed by atoms with Crippen LogP contribution in [0, 0.1) is 0 Å². The zero-order valence-electron chi connectivity index (χ0n) is 9.52. The molecule has 2 N–H and O–H groups in total. The summed E-state index contributed by atoms with van der Waals surface area (Å²) >= 11 is 0. The molecule has 3 rings (SSSR count). The highest BCUT2D eigenvalue weighted by Gasteiger charge is 2.04. The summed E-state index contributed by atoms with van der Waals surface area (Å²) in [4.78, 5) is 0. The van der Waals surface area contributed by atoms with Gasteiger partial charge >= 0.3 is 0 Å². The van der Waals surface area contributed by atoms with E-state index < -0.39 is 0 Å². The first-order chi connectivity index (χ1) is 8.83. The lowest BCUT2D eigenvalue weighted by Crippen LogP contribution is -2.02. The van der Waals surface area contributed by atoms with E-state index in [1.807, 2.05) is 30.3 Å². The van der Waals surface area contributed by atoms with Gasteiger partial charge in [-0.05, 0) is 11.6 Å². The second-order valence-electron chi connectivity index (χ2n) is 3.77. The highest BCUT2D eigenvalue weighted by atomic mass is 16.5. The third-order valence-corrected chi connectivity index (χ3v) is 2.49. The van der Waals surface area contributed by atoms with Gasteiger partial charge in [0.2, 0.25) is 11.8 Å². The predicted molar refractivity (Wildman–Crippen MR) is 66.0 cm³/mol. The second-order valence-corrected chi connectivity index (χ2v) is 3.77. The van der Waals surface area contributed by atoms with E-state index in [1.165, 1.54) is 4.52 Å². The van der Waals surface area contributed by atoms with Crippen LogP contribution in [0.5, 0.6) is 5.88 Å². The van der Waals surface area contributed by atoms with Gasteiger partial charge in [-0.3, -0.25) is 0 Å². The van der Waals surface area contributed by atoms with Crippen LogP contribution in [-0.4, -0.2) is 19.8 Å². The topological polar surface area (TPSA) is 78.3 Å². The SMILES string of the molecule is Nc1nnc2ccc(OCc3ccccc3)nn12. The quantitative estimate of drug-likeness (QED) is 0.747. The van der Waals surface area contributed by atoms with E-state index in [0.29, 0.717) is 18.1 Å². The summed E-state index contributed by atoms with van der Waals surface area (Å²) in [6.45, 7) is 0.460. The molecule has 0 saturated heterocycles. The van der Waals surface area contributed by atoms with Gasteiger partial charge in [0.15, 0.2) is 5.65 Å². The van der Waals surface area contributed by atoms with E-state index in [1.54, 1.807) is 12.1 Å². The predicted octanol–water partition coefficient (Wildman–Crippen LogP) is 1.29. The maximum atomic E-state index is 5.62. The van der Waals surface area contributed by atoms with Gasteiger partial charge in [0.05, 0.1) is 0 Å². The molecule has 0 amide bonds. The third kappa shape index (κ3) is 1.95. The molecule has 1 aromatic carbocycles. The molecule has 2 aromatic heterocycles. The van der Waals surface area contributed by atoms with Crippen LogP contribution in [0.4, 0.5) is 5.95 Å². The van der Waals surface area contributed by atoms with Crippen molar-refractivity contribution in [2.75, 3.05) is 5.73 Å². The Labute approximate surface area is 103 Å². The fourth-order valence-electron chi connectivity index (χ4n) is 1.60. The molecule has 6 nitrogen and oxygen atoms in total. The highest BCUT2D eigenvalue weighted by Crippen LogP contribution is 2.11. The molecule has 0 unspecified atom stereocenters. The fourth-order valence-corrected chi connectivity index (χ4v) is 1.60. The Morgan fingerprint density at radius 1 is 1.06 bits per heavy atom. The first-order valence-electron chi connectivity index (χ1n) is 5.47. The van der Waals surface area contributed by atoms with Gasteiger partial charge in [-0.1, -0.05) is 30.3 Å². The minimum Gasteiger partial charge on any atom is -0.472 e. The average Bonchev–Trinajstić information content (AvgIpc) is 2.79. The van der Waals surface area contributed by atoms with Crippen LogP contribution >= 0.6 is 0 Å². The number of fused-ring (bicyclic) bond motifs is 1. The maximum absolute atomic E-state index is 5.62. The smallest absolute Gasteiger partial charge is 0.243 e. The van der Waals surface area contributed by atoms with E-state index in [9.17, 15) is 0 Å². The molecule has 0 fully saturated rings. The minimum atomic E-state index is 0.246. The number of ether oxygens (including phenoxy) is 1. The lowest BCUT2D eigenvalue weighted by atomic mass is 10.2. The first kappa shape index (κ1) is 10.5. The zero-order valence-corrected chi connectivity index (χ0v) is 9.52. The van der Waals surface area contributed by atoms with Crippen LogP contribution in [0.25, 0.3) is 5.65 Å². The van der Waals surface area contributed by atoms with Crippen molar-refractivity contribution in [3.63, 3.8) is 0 Å². The Balaban J connectivity index is 1.80. The number of hydrogen-bond acceptors (Lipinski definition) is 5. The van der Waals surface area contributed by atoms with E-state index in [0.717, 1.165) is 5.56 Å². The summed E-state index contributed by atoms with van der Waals surface area (Å²) in [5.41, 5.74) is 7.30. The third-order valence-electron chi connectivity index (χ3n) is 2.49. The van der Waals surface area contributed by atoms with E-state index in [4.69, 9.17) is 10.5 Å². The number of nitrogen functional groups attached to an aromatic ring is 1. The number of nitrogens with two attached hydrogens (primary N) is 1. The van der Waals surface area contributed by atoms with Crippen LogP contribution in [0.15, 0.2) is 42.5 Å². The van der Waals surface area contributed by atoms with Gasteiger partial charge in [-0.2, -0.15) is 4.52 Å². The first-order valence-corrected chi connectivity index (χ1v) is 5.47. The number of anilines is 1. The minimum absolute atomic E-state index is 0.246. The van der Waals surface area contributed by atoms with Gasteiger partial charge in [0, 0.05) is 6.07 Å². The fraction of sp³-hybridized carbons (Fsp3) is 0.0833. The molecular weight excluding hydrogens is 230 g/mol. The summed E-state index contributed by atoms with van der Waals surface area (Å²) in [6.07, 6.45) is 0. The summed E-state index contributed by atoms with van der Waals surface area (Å²) in [5.74, 6) is 0.730. The summed E-state index contributed by atoms with van der Waals surface area (Å²) in [6, 6.07) is 13.4. The standard InChI is InChI=1S/C12H11N5O/c13-12-15-14-10-6-7-11(16-17(10)12)18-8-9-4-2-1-3-5-9/h1-7H,8H2,(H2,13,15). The van der Waals surface area contributed by atoms with Gasteiger partial charge in [0.1, 0.15) is 6.61 Å². The lowest BCUT2D eigenvalue weighted by Gasteiger charge is -2.05. The molecule has 0 atom stereocenters. The number of hydrogen-bond donors (Lipinski definition) is 1. The van der Waals surface area contributed by atoms with E-state index >= 15 is 0 Å². The molecule has 0 aliphatic heterocycles. The summed E-state index contributed by atoms with van der Waals surface area (Å²) < 4.78 is 7.03. The Kier molecular flexibility index (Phi) is 2.53. The van der Waals surface area contributed by atoms with Gasteiger partial charge < -0.3 is 10.5 Å². The van der Waals surface area contributed by atoms with E-state index in [2.05, 4.69) is 15.3 Å². The van der Waals surface area contributed by atoms with Crippen molar-refractivity contribution in [2.45, 2.75) is 6.61 Å². The molecule has 3 aromatic rings. The monoisotopic (exact) mass is 241 g/mol. The van der Waals surface area contributed by atoms with Crippen LogP contribution in [0.3, 0.4) is 0 Å². The second kappa shape index (κ2) is 4.33. The zero-order chi connectivity index (χ0) is 12.4. The van der Waals surface area contributed by atoms with Crippen molar-refractivity contribution >= 4 is 11.6 Å². The lowest BCUT2D eigenvalue weighted by molar-refractivity contribution is 0.289. The van der Waals surface area contributed by atoms with Crippen LogP contribution < -0.4 is 10.5 Å². The molecule has 6 heteroatoms. The van der Waals surface area contributed by atoms with Crippen molar-refractivity contribution in [3.05, 3.63) is 48.0 Å². The number of aromatic nitrogens is 4. The molecule has 0 radical (unpaired) electrons.